The minimum absolute atomic E-state index is 0. The van der Waals surface area contributed by atoms with Crippen molar-refractivity contribution in [1.82, 2.24) is 5.32 Å². The first-order valence-electron chi connectivity index (χ1n) is 3.55. The van der Waals surface area contributed by atoms with Crippen molar-refractivity contribution in [3.8, 4) is 0 Å². The van der Waals surface area contributed by atoms with E-state index in [-0.39, 0.29) is 33.7 Å². The normalized spacial score (nSPS) is 13.5. The quantitative estimate of drug-likeness (QED) is 0.638. The van der Waals surface area contributed by atoms with Gasteiger partial charge in [-0.3, -0.25) is 7.05 Å². The maximum atomic E-state index is 8.45. The summed E-state index contributed by atoms with van der Waals surface area (Å²) in [6, 6.07) is 0. The van der Waals surface area contributed by atoms with Crippen molar-refractivity contribution in [3.63, 3.8) is 0 Å². The Hall–Kier alpha value is 0.528. The van der Waals surface area contributed by atoms with Crippen LogP contribution in [0.2, 0.25) is 0 Å². The van der Waals surface area contributed by atoms with Crippen LogP contribution in [0.1, 0.15) is 13.8 Å². The second-order valence-electron chi connectivity index (χ2n) is 2.36. The van der Waals surface area contributed by atoms with Crippen LogP contribution < -0.4 is 5.32 Å². The molecule has 0 radical (unpaired) electrons. The molecule has 0 aliphatic heterocycles. The Balaban J connectivity index is -0.000000126. The summed E-state index contributed by atoms with van der Waals surface area (Å²) in [5.41, 5.74) is 6.41. The molecule has 0 aliphatic carbocycles. The molecule has 0 saturated carbocycles. The molecule has 0 bridgehead atoms. The molecule has 5 heteroatoms. The average molecular weight is 346 g/mol. The molecule has 0 heterocycles. The number of hydrogen-bond acceptors (Lipinski definition) is 3. The Bertz CT molecular complexity index is 72.4. The van der Waals surface area contributed by atoms with E-state index in [9.17, 15) is 0 Å². The third-order valence-electron chi connectivity index (χ3n) is 0.735. The predicted octanol–water partition coefficient (Wildman–Crippen LogP) is 0.165. The molecular weight excluding hydrogens is 328 g/mol. The largest absolute Gasteiger partial charge is 2.00 e. The molecule has 0 aromatic carbocycles. The van der Waals surface area contributed by atoms with Crippen LogP contribution in [0.4, 0.5) is 0 Å². The van der Waals surface area contributed by atoms with Crippen LogP contribution in [0.15, 0.2) is 0 Å². The zero-order chi connectivity index (χ0) is 9.28. The molecule has 0 saturated heterocycles. The van der Waals surface area contributed by atoms with Gasteiger partial charge in [0.1, 0.15) is 0 Å². The molecule has 0 aromatic heterocycles. The Morgan fingerprint density at radius 1 is 1.33 bits per heavy atom. The number of hydrogen-bond donors (Lipinski definition) is 3. The molecule has 0 aliphatic rings. The van der Waals surface area contributed by atoms with Gasteiger partial charge < -0.3 is 21.3 Å². The monoisotopic (exact) mass is 346 g/mol. The summed E-state index contributed by atoms with van der Waals surface area (Å²) in [6.45, 7) is 3.98. The van der Waals surface area contributed by atoms with Gasteiger partial charge in [0.05, 0.1) is 6.10 Å². The van der Waals surface area contributed by atoms with Gasteiger partial charge in [0.25, 0.3) is 0 Å². The van der Waals surface area contributed by atoms with E-state index in [1.165, 1.54) is 0 Å². The van der Waals surface area contributed by atoms with Crippen molar-refractivity contribution >= 4 is 0 Å². The molecule has 4 N–H and O–H groups in total. The van der Waals surface area contributed by atoms with Gasteiger partial charge in [0.15, 0.2) is 0 Å². The summed E-state index contributed by atoms with van der Waals surface area (Å²) >= 11 is 0. The standard InChI is InChI=1S/C4H10NO.C3H8NO.W/c1-4(6)3-5-2;1-3(5)2-4;/h4-6H,2-3H2,1H3;3-5H,2H2,1H3;/q2*-1;+2. The molecule has 0 spiro atoms. The first kappa shape index (κ1) is 18.3. The van der Waals surface area contributed by atoms with Crippen LogP contribution in [-0.4, -0.2) is 35.5 Å². The third-order valence-corrected chi connectivity index (χ3v) is 0.735. The van der Waals surface area contributed by atoms with E-state index in [1.807, 2.05) is 0 Å². The van der Waals surface area contributed by atoms with Gasteiger partial charge >= 0.3 is 21.1 Å². The summed E-state index contributed by atoms with van der Waals surface area (Å²) in [6.07, 6.45) is -0.725. The molecule has 0 fully saturated rings. The number of nitrogens with one attached hydrogen (secondary N) is 2. The van der Waals surface area contributed by atoms with E-state index >= 15 is 0 Å². The third kappa shape index (κ3) is 31.3. The van der Waals surface area contributed by atoms with Crippen LogP contribution in [0.5, 0.6) is 0 Å². The summed E-state index contributed by atoms with van der Waals surface area (Å²) in [5.74, 6) is 0. The van der Waals surface area contributed by atoms with Gasteiger partial charge in [-0.25, -0.2) is 0 Å². The molecular formula is C7H18N2O2W. The fourth-order valence-corrected chi connectivity index (χ4v) is 0.209. The SMILES string of the molecule is CC(O)C[NH-].[CH2-]NCC(C)O.[W+2]. The Kier molecular flexibility index (Phi) is 21.5. The van der Waals surface area contributed by atoms with Gasteiger partial charge in [-0.05, 0) is 20.4 Å². The van der Waals surface area contributed by atoms with Gasteiger partial charge in [0.2, 0.25) is 0 Å². The zero-order valence-electron chi connectivity index (χ0n) is 7.58. The zero-order valence-corrected chi connectivity index (χ0v) is 10.5. The summed E-state index contributed by atoms with van der Waals surface area (Å²) in [4.78, 5) is 0. The smallest absolute Gasteiger partial charge is 0.675 e. The summed E-state index contributed by atoms with van der Waals surface area (Å²) in [7, 11) is 3.32. The molecule has 12 heavy (non-hydrogen) atoms. The molecule has 2 atom stereocenters. The number of rotatable bonds is 3. The van der Waals surface area contributed by atoms with Crippen LogP contribution in [0.3, 0.4) is 0 Å². The Labute approximate surface area is 88.8 Å². The van der Waals surface area contributed by atoms with Crippen LogP contribution in [0, 0.1) is 7.05 Å². The number of aliphatic hydroxyl groups is 2. The Morgan fingerprint density at radius 3 is 1.67 bits per heavy atom. The molecule has 4 nitrogen and oxygen atoms in total. The van der Waals surface area contributed by atoms with Crippen molar-refractivity contribution in [2.45, 2.75) is 26.1 Å². The Morgan fingerprint density at radius 2 is 1.67 bits per heavy atom. The molecule has 74 valence electrons. The minimum Gasteiger partial charge on any atom is -0.675 e. The topological polar surface area (TPSA) is 76.3 Å². The van der Waals surface area contributed by atoms with Gasteiger partial charge in [-0.2, -0.15) is 0 Å². The predicted molar refractivity (Wildman–Crippen MR) is 45.9 cm³/mol. The first-order chi connectivity index (χ1) is 5.04. The van der Waals surface area contributed by atoms with Crippen molar-refractivity contribution < 1.29 is 31.3 Å². The second-order valence-corrected chi connectivity index (χ2v) is 2.36. The van der Waals surface area contributed by atoms with Gasteiger partial charge in [0, 0.05) is 6.10 Å². The van der Waals surface area contributed by atoms with E-state index in [1.54, 1.807) is 13.8 Å². The van der Waals surface area contributed by atoms with Crippen molar-refractivity contribution in [1.29, 1.82) is 0 Å². The van der Waals surface area contributed by atoms with Crippen molar-refractivity contribution in [2.75, 3.05) is 13.1 Å². The second kappa shape index (κ2) is 14.1. The van der Waals surface area contributed by atoms with Crippen LogP contribution >= 0.6 is 0 Å². The van der Waals surface area contributed by atoms with E-state index in [0.717, 1.165) is 0 Å². The fraction of sp³-hybridized carbons (Fsp3) is 0.857. The molecule has 0 rings (SSSR count). The van der Waals surface area contributed by atoms with Crippen LogP contribution in [0.25, 0.3) is 5.73 Å². The summed E-state index contributed by atoms with van der Waals surface area (Å²) < 4.78 is 0. The van der Waals surface area contributed by atoms with E-state index in [0.29, 0.717) is 6.54 Å². The van der Waals surface area contributed by atoms with E-state index < -0.39 is 6.10 Å². The number of aliphatic hydroxyl groups excluding tert-OH is 2. The first-order valence-corrected chi connectivity index (χ1v) is 3.55. The molecule has 0 amide bonds. The van der Waals surface area contributed by atoms with E-state index in [4.69, 9.17) is 15.9 Å². The average Bonchev–Trinajstić information content (AvgIpc) is 1.89. The van der Waals surface area contributed by atoms with Crippen molar-refractivity contribution in [2.24, 2.45) is 0 Å². The van der Waals surface area contributed by atoms with E-state index in [2.05, 4.69) is 12.4 Å². The van der Waals surface area contributed by atoms with Gasteiger partial charge in [-0.1, -0.05) is 0 Å². The maximum absolute atomic E-state index is 8.45. The molecule has 2 unspecified atom stereocenters. The maximum Gasteiger partial charge on any atom is 2.00 e. The minimum atomic E-state index is -0.449. The fourth-order valence-electron chi connectivity index (χ4n) is 0.209. The van der Waals surface area contributed by atoms with Crippen LogP contribution in [-0.2, 0) is 21.1 Å². The van der Waals surface area contributed by atoms with Crippen molar-refractivity contribution in [3.05, 3.63) is 12.8 Å². The van der Waals surface area contributed by atoms with Gasteiger partial charge in [-0.15, -0.1) is 6.54 Å². The summed E-state index contributed by atoms with van der Waals surface area (Å²) in [5, 5.41) is 19.2. The molecule has 0 aromatic rings.